The van der Waals surface area contributed by atoms with Crippen LogP contribution < -0.4 is 22.1 Å². The third-order valence-corrected chi connectivity index (χ3v) is 11.2. The van der Waals surface area contributed by atoms with E-state index in [9.17, 15) is 64.4 Å². The lowest BCUT2D eigenvalue weighted by Gasteiger charge is -2.46. The number of rotatable bonds is 18. The number of aromatic nitrogens is 3. The Morgan fingerprint density at radius 2 is 1.91 bits per heavy atom. The molecule has 2 saturated heterocycles. The number of nitrogens with two attached hydrogens (primary N) is 1. The molecule has 2 aromatic rings. The first-order valence-corrected chi connectivity index (χ1v) is 19.7. The van der Waals surface area contributed by atoms with Gasteiger partial charge in [-0.25, -0.2) is 23.7 Å². The average molecular weight is 827 g/mol. The smallest absolute Gasteiger partial charge is 0.475 e. The van der Waals surface area contributed by atoms with E-state index in [1.807, 2.05) is 0 Å². The van der Waals surface area contributed by atoms with Gasteiger partial charge in [0.25, 0.3) is 5.79 Å². The molecule has 23 nitrogen and oxygen atoms in total. The van der Waals surface area contributed by atoms with E-state index in [2.05, 4.69) is 20.6 Å². The van der Waals surface area contributed by atoms with Gasteiger partial charge in [0, 0.05) is 31.0 Å². The number of aliphatic hydroxyl groups excluding tert-OH is 6. The number of phosphoric acid groups is 1. The highest BCUT2D eigenvalue weighted by Crippen LogP contribution is 2.51. The molecule has 0 radical (unpaired) electrons. The van der Waals surface area contributed by atoms with E-state index in [4.69, 9.17) is 24.3 Å². The minimum atomic E-state index is -5.62. The van der Waals surface area contributed by atoms with Crippen LogP contribution in [0.25, 0.3) is 0 Å². The van der Waals surface area contributed by atoms with Crippen LogP contribution in [0.3, 0.4) is 0 Å². The number of anilines is 1. The van der Waals surface area contributed by atoms with E-state index in [0.29, 0.717) is 5.75 Å². The van der Waals surface area contributed by atoms with Crippen molar-refractivity contribution in [1.82, 2.24) is 25.2 Å². The van der Waals surface area contributed by atoms with Crippen LogP contribution in [0.5, 0.6) is 0 Å². The SMILES string of the molecule is Nc1ccn([C@@H]2O[C@H](COP(=O)(O)OC3(C(=O)O)CC(O)[C@@H](NC(=O)CNC(=O)CCSSc4ccccn4)[C@H](C(O)[C@H](O)CO)O3)[C@@H](O)[C@H]2O)c(=O)n1. The van der Waals surface area contributed by atoms with Crippen molar-refractivity contribution in [2.24, 2.45) is 0 Å². The average Bonchev–Trinajstić information content (AvgIpc) is 3.41. The first-order chi connectivity index (χ1) is 25.5. The van der Waals surface area contributed by atoms with Crippen LogP contribution in [0.1, 0.15) is 19.1 Å². The standard InChI is InChI=1S/C28H39N6O17PS2/c29-16-4-7-34(27(45)32-16)25-23(42)22(41)15(49-25)12-48-52(46,47)51-28(26(43)44)9-13(36)20(24(50-28)21(40)14(37)11-35)33-18(39)10-31-17(38)5-8-53-54-19-3-1-2-6-30-19/h1-4,6-7,13-15,20-25,35-37,40-42H,5,8-12H2,(H,31,38)(H,33,39)(H,43,44)(H,46,47)(H2,29,32,45)/t13?,14-,15-,20-,21?,22-,23-,24-,25-,28?/m1/s1. The van der Waals surface area contributed by atoms with Gasteiger partial charge in [-0.05, 0) is 29.0 Å². The van der Waals surface area contributed by atoms with Gasteiger partial charge >= 0.3 is 19.5 Å². The van der Waals surface area contributed by atoms with Crippen molar-refractivity contribution in [1.29, 1.82) is 0 Å². The fourth-order valence-electron chi connectivity index (χ4n) is 5.22. The number of aliphatic hydroxyl groups is 6. The Morgan fingerprint density at radius 3 is 2.56 bits per heavy atom. The van der Waals surface area contributed by atoms with Crippen molar-refractivity contribution in [2.75, 3.05) is 31.2 Å². The highest BCUT2D eigenvalue weighted by Gasteiger charge is 2.59. The highest BCUT2D eigenvalue weighted by atomic mass is 33.1. The number of hydrogen-bond donors (Lipinski definition) is 11. The zero-order valence-corrected chi connectivity index (χ0v) is 30.4. The van der Waals surface area contributed by atoms with Crippen LogP contribution in [0, 0.1) is 0 Å². The molecule has 54 heavy (non-hydrogen) atoms. The second-order valence-electron chi connectivity index (χ2n) is 11.8. The number of nitrogens with zero attached hydrogens (tertiary/aromatic N) is 3. The van der Waals surface area contributed by atoms with E-state index < -0.39 is 118 Å². The fraction of sp³-hybridized carbons (Fsp3) is 0.571. The predicted molar refractivity (Wildman–Crippen MR) is 183 cm³/mol. The maximum absolute atomic E-state index is 13.1. The Labute approximate surface area is 312 Å². The first-order valence-electron chi connectivity index (χ1n) is 15.8. The lowest BCUT2D eigenvalue weighted by atomic mass is 9.88. The van der Waals surface area contributed by atoms with E-state index in [0.717, 1.165) is 15.8 Å². The van der Waals surface area contributed by atoms with Gasteiger partial charge in [-0.3, -0.25) is 18.7 Å². The monoisotopic (exact) mass is 826 g/mol. The first kappa shape index (κ1) is 43.5. The molecule has 0 aromatic carbocycles. The van der Waals surface area contributed by atoms with Crippen molar-refractivity contribution in [2.45, 2.75) is 78.7 Å². The molecule has 4 rings (SSSR count). The summed E-state index contributed by atoms with van der Waals surface area (Å²) in [5, 5.41) is 77.6. The summed E-state index contributed by atoms with van der Waals surface area (Å²) in [4.78, 5) is 67.9. The van der Waals surface area contributed by atoms with Crippen LogP contribution >= 0.6 is 29.4 Å². The highest BCUT2D eigenvalue weighted by molar-refractivity contribution is 8.76. The summed E-state index contributed by atoms with van der Waals surface area (Å²) in [7, 11) is -2.94. The van der Waals surface area contributed by atoms with Gasteiger partial charge in [-0.2, -0.15) is 4.98 Å². The summed E-state index contributed by atoms with van der Waals surface area (Å²) < 4.78 is 34.3. The molecule has 11 atom stereocenters. The predicted octanol–water partition coefficient (Wildman–Crippen LogP) is -3.95. The molecule has 2 amide bonds. The van der Waals surface area contributed by atoms with E-state index in [1.165, 1.54) is 27.7 Å². The molecule has 2 fully saturated rings. The molecule has 4 heterocycles. The number of carbonyl (C=O) groups excluding carboxylic acids is 2. The van der Waals surface area contributed by atoms with Crippen molar-refractivity contribution in [3.05, 3.63) is 47.1 Å². The number of pyridine rings is 1. The maximum Gasteiger partial charge on any atom is 0.475 e. The fourth-order valence-corrected chi connectivity index (χ4v) is 8.04. The Morgan fingerprint density at radius 1 is 1.17 bits per heavy atom. The molecule has 12 N–H and O–H groups in total. The number of nitrogen functional groups attached to an aromatic ring is 1. The molecule has 2 aromatic heterocycles. The van der Waals surface area contributed by atoms with Crippen LogP contribution in [0.15, 0.2) is 46.5 Å². The van der Waals surface area contributed by atoms with Gasteiger partial charge in [0.1, 0.15) is 47.5 Å². The number of aliphatic carboxylic acids is 1. The number of phosphoric ester groups is 1. The summed E-state index contributed by atoms with van der Waals surface area (Å²) >= 11 is 0. The topological polar surface area (TPSA) is 365 Å². The quantitative estimate of drug-likeness (QED) is 0.0388. The van der Waals surface area contributed by atoms with Gasteiger partial charge in [0.15, 0.2) is 6.23 Å². The van der Waals surface area contributed by atoms with Gasteiger partial charge in [-0.15, -0.1) is 0 Å². The molecule has 0 saturated carbocycles. The van der Waals surface area contributed by atoms with Crippen molar-refractivity contribution >= 4 is 53.0 Å². The molecular formula is C28H39N6O17PS2. The summed E-state index contributed by atoms with van der Waals surface area (Å²) in [5.74, 6) is -6.75. The number of carboxylic acid groups (broad SMARTS) is 1. The number of hydrogen-bond acceptors (Lipinski definition) is 20. The summed E-state index contributed by atoms with van der Waals surface area (Å²) in [6, 6.07) is 4.78. The molecule has 26 heteroatoms. The lowest BCUT2D eigenvalue weighted by molar-refractivity contribution is -0.289. The third-order valence-electron chi connectivity index (χ3n) is 7.91. The van der Waals surface area contributed by atoms with Crippen LogP contribution in [-0.4, -0.2) is 153 Å². The second-order valence-corrected chi connectivity index (χ2v) is 15.6. The third kappa shape index (κ3) is 11.2. The molecule has 300 valence electrons. The van der Waals surface area contributed by atoms with E-state index >= 15 is 0 Å². The number of ether oxygens (including phenoxy) is 2. The lowest BCUT2D eigenvalue weighted by Crippen LogP contribution is -2.68. The summed E-state index contributed by atoms with van der Waals surface area (Å²) in [5.41, 5.74) is 4.48. The van der Waals surface area contributed by atoms with E-state index in [-0.39, 0.29) is 12.2 Å². The Kier molecular flexibility index (Phi) is 15.3. The zero-order chi connectivity index (χ0) is 39.8. The minimum Gasteiger partial charge on any atom is -0.477 e. The van der Waals surface area contributed by atoms with Crippen molar-refractivity contribution in [3.8, 4) is 0 Å². The van der Waals surface area contributed by atoms with Crippen LogP contribution in [-0.2, 0) is 37.5 Å². The molecule has 2 aliphatic rings. The Hall–Kier alpha value is -3.27. The van der Waals surface area contributed by atoms with Crippen LogP contribution in [0.2, 0.25) is 0 Å². The number of carboxylic acids is 1. The van der Waals surface area contributed by atoms with Crippen molar-refractivity contribution in [3.63, 3.8) is 0 Å². The Balaban J connectivity index is 1.39. The van der Waals surface area contributed by atoms with Crippen LogP contribution in [0.4, 0.5) is 5.82 Å². The maximum atomic E-state index is 13.1. The molecule has 0 aliphatic carbocycles. The normalized spacial score (nSPS) is 29.1. The molecule has 4 unspecified atom stereocenters. The Bertz CT molecular complexity index is 1720. The molecule has 2 aliphatic heterocycles. The summed E-state index contributed by atoms with van der Waals surface area (Å²) in [6.07, 6.45) is -13.8. The van der Waals surface area contributed by atoms with Gasteiger partial charge in [-0.1, -0.05) is 16.9 Å². The second kappa shape index (κ2) is 19.1. The minimum absolute atomic E-state index is 0.00578. The van der Waals surface area contributed by atoms with Gasteiger partial charge in [0.05, 0.1) is 31.9 Å². The molecule has 0 spiro atoms. The number of nitrogens with one attached hydrogen (secondary N) is 2. The molecular weight excluding hydrogens is 787 g/mol. The summed E-state index contributed by atoms with van der Waals surface area (Å²) in [6.45, 7) is -2.83. The van der Waals surface area contributed by atoms with Gasteiger partial charge < -0.3 is 66.5 Å². The number of amides is 2. The largest absolute Gasteiger partial charge is 0.477 e. The molecule has 0 bridgehead atoms. The zero-order valence-electron chi connectivity index (χ0n) is 27.8. The van der Waals surface area contributed by atoms with Gasteiger partial charge in [0.2, 0.25) is 11.8 Å². The van der Waals surface area contributed by atoms with E-state index in [1.54, 1.807) is 24.4 Å². The van der Waals surface area contributed by atoms with Crippen molar-refractivity contribution < 1.29 is 78.1 Å². The number of carbonyl (C=O) groups is 3.